The van der Waals surface area contributed by atoms with Crippen LogP contribution in [0.2, 0.25) is 0 Å². The summed E-state index contributed by atoms with van der Waals surface area (Å²) < 4.78 is 5.00. The normalized spacial score (nSPS) is 9.26. The Hall–Kier alpha value is -2.79. The number of nitrogens with zero attached hydrogens (tertiary/aromatic N) is 1. The van der Waals surface area contributed by atoms with Crippen molar-refractivity contribution in [2.75, 3.05) is 19.0 Å². The third-order valence-corrected chi connectivity index (χ3v) is 1.97. The molecule has 0 fully saturated rings. The molecular formula is C11H11N3O5. The Morgan fingerprint density at radius 3 is 2.79 bits per heavy atom. The number of carboxylic acid groups (broad SMARTS) is 1. The van der Waals surface area contributed by atoms with Crippen molar-refractivity contribution in [3.05, 3.63) is 23.8 Å². The Morgan fingerprint density at radius 1 is 1.47 bits per heavy atom. The van der Waals surface area contributed by atoms with E-state index in [4.69, 9.17) is 15.1 Å². The zero-order valence-corrected chi connectivity index (χ0v) is 9.97. The number of para-hydroxylation sites is 1. The topological polar surface area (TPSA) is 121 Å². The van der Waals surface area contributed by atoms with E-state index in [0.29, 0.717) is 5.75 Å². The molecule has 0 aliphatic rings. The van der Waals surface area contributed by atoms with Crippen molar-refractivity contribution in [2.24, 2.45) is 0 Å². The Morgan fingerprint density at radius 2 is 2.21 bits per heavy atom. The molecule has 100 valence electrons. The number of benzene rings is 1. The van der Waals surface area contributed by atoms with Crippen molar-refractivity contribution in [3.8, 4) is 11.8 Å². The Labute approximate surface area is 108 Å². The van der Waals surface area contributed by atoms with E-state index in [2.05, 4.69) is 10.2 Å². The summed E-state index contributed by atoms with van der Waals surface area (Å²) in [5.41, 5.74) is 2.24. The molecule has 8 nitrogen and oxygen atoms in total. The first kappa shape index (κ1) is 14.3. The van der Waals surface area contributed by atoms with Gasteiger partial charge in [0.1, 0.15) is 17.5 Å². The minimum atomic E-state index is -1.23. The molecule has 0 radical (unpaired) electrons. The number of carboxylic acids is 1. The number of urea groups is 1. The maximum absolute atomic E-state index is 11.4. The molecule has 0 spiro atoms. The molecule has 0 bridgehead atoms. The molecule has 3 N–H and O–H groups in total. The van der Waals surface area contributed by atoms with Gasteiger partial charge in [-0.05, 0) is 12.1 Å². The minimum absolute atomic E-state index is 0.170. The van der Waals surface area contributed by atoms with Crippen LogP contribution in [0.4, 0.5) is 10.5 Å². The number of amides is 2. The summed E-state index contributed by atoms with van der Waals surface area (Å²) in [4.78, 5) is 26.0. The summed E-state index contributed by atoms with van der Waals surface area (Å²) in [7, 11) is 1.39. The van der Waals surface area contributed by atoms with Crippen LogP contribution in [0.1, 0.15) is 5.56 Å². The van der Waals surface area contributed by atoms with Crippen LogP contribution in [0, 0.1) is 11.3 Å². The van der Waals surface area contributed by atoms with E-state index < -0.39 is 18.6 Å². The first-order valence-electron chi connectivity index (χ1n) is 5.06. The van der Waals surface area contributed by atoms with Crippen LogP contribution < -0.4 is 15.5 Å². The summed E-state index contributed by atoms with van der Waals surface area (Å²) in [5, 5.41) is 19.6. The van der Waals surface area contributed by atoms with Gasteiger partial charge in [0.25, 0.3) is 0 Å². The lowest BCUT2D eigenvalue weighted by Gasteiger charge is -2.11. The van der Waals surface area contributed by atoms with Crippen LogP contribution in [0.5, 0.6) is 5.75 Å². The lowest BCUT2D eigenvalue weighted by atomic mass is 10.2. The number of methoxy groups -OCH3 is 1. The highest BCUT2D eigenvalue weighted by Crippen LogP contribution is 2.27. The second-order valence-electron chi connectivity index (χ2n) is 3.23. The number of rotatable bonds is 5. The van der Waals surface area contributed by atoms with Gasteiger partial charge in [-0.25, -0.2) is 15.1 Å². The van der Waals surface area contributed by atoms with E-state index in [1.807, 2.05) is 11.5 Å². The Kier molecular flexibility index (Phi) is 5.13. The number of nitriles is 1. The average molecular weight is 265 g/mol. The van der Waals surface area contributed by atoms with E-state index in [1.165, 1.54) is 13.2 Å². The summed E-state index contributed by atoms with van der Waals surface area (Å²) in [6, 6.07) is 5.73. The first-order chi connectivity index (χ1) is 9.08. The largest absolute Gasteiger partial charge is 0.495 e. The van der Waals surface area contributed by atoms with E-state index >= 15 is 0 Å². The van der Waals surface area contributed by atoms with Crippen LogP contribution in [0.3, 0.4) is 0 Å². The van der Waals surface area contributed by atoms with E-state index in [9.17, 15) is 9.59 Å². The van der Waals surface area contributed by atoms with Gasteiger partial charge in [-0.2, -0.15) is 5.26 Å². The monoisotopic (exact) mass is 265 g/mol. The smallest absolute Gasteiger partial charge is 0.343 e. The molecule has 0 aliphatic heterocycles. The van der Waals surface area contributed by atoms with Crippen LogP contribution in [-0.2, 0) is 9.63 Å². The molecule has 8 heteroatoms. The average Bonchev–Trinajstić information content (AvgIpc) is 2.38. The molecule has 2 amide bonds. The molecule has 0 aliphatic carbocycles. The van der Waals surface area contributed by atoms with Crippen molar-refractivity contribution >= 4 is 17.7 Å². The van der Waals surface area contributed by atoms with Crippen molar-refractivity contribution < 1.29 is 24.3 Å². The van der Waals surface area contributed by atoms with Gasteiger partial charge in [0.15, 0.2) is 6.61 Å². The van der Waals surface area contributed by atoms with Gasteiger partial charge in [-0.3, -0.25) is 4.84 Å². The zero-order chi connectivity index (χ0) is 14.3. The first-order valence-corrected chi connectivity index (χ1v) is 5.06. The molecule has 0 saturated carbocycles. The fourth-order valence-electron chi connectivity index (χ4n) is 1.23. The number of anilines is 1. The van der Waals surface area contributed by atoms with Gasteiger partial charge in [-0.1, -0.05) is 6.07 Å². The number of hydroxylamine groups is 1. The Bertz CT molecular complexity index is 524. The van der Waals surface area contributed by atoms with Crippen LogP contribution in [-0.4, -0.2) is 30.8 Å². The van der Waals surface area contributed by atoms with E-state index in [0.717, 1.165) is 0 Å². The van der Waals surface area contributed by atoms with Crippen molar-refractivity contribution in [1.82, 2.24) is 5.48 Å². The van der Waals surface area contributed by atoms with E-state index in [-0.39, 0.29) is 11.3 Å². The van der Waals surface area contributed by atoms with Crippen molar-refractivity contribution in [2.45, 2.75) is 0 Å². The lowest BCUT2D eigenvalue weighted by molar-refractivity contribution is -0.143. The number of aliphatic carboxylic acids is 1. The van der Waals surface area contributed by atoms with Crippen LogP contribution in [0.25, 0.3) is 0 Å². The quantitative estimate of drug-likeness (QED) is 0.674. The van der Waals surface area contributed by atoms with Gasteiger partial charge in [-0.15, -0.1) is 0 Å². The maximum Gasteiger partial charge on any atom is 0.343 e. The van der Waals surface area contributed by atoms with Gasteiger partial charge in [0.2, 0.25) is 0 Å². The molecule has 1 aromatic carbocycles. The highest BCUT2D eigenvalue weighted by molar-refractivity contribution is 5.92. The standard InChI is InChI=1S/C11H11N3O5/c1-18-8-4-2-3-7(5-12)10(8)13-11(17)14-19-6-9(15)16/h2-4H,6H2,1H3,(H,15,16)(H2,13,14,17). The molecular weight excluding hydrogens is 254 g/mol. The maximum atomic E-state index is 11.4. The SMILES string of the molecule is COc1cccc(C#N)c1NC(=O)NOCC(=O)O. The summed E-state index contributed by atoms with van der Waals surface area (Å²) in [5.74, 6) is -0.928. The van der Waals surface area contributed by atoms with Crippen molar-refractivity contribution in [3.63, 3.8) is 0 Å². The lowest BCUT2D eigenvalue weighted by Crippen LogP contribution is -2.31. The van der Waals surface area contributed by atoms with Crippen molar-refractivity contribution in [1.29, 1.82) is 5.26 Å². The number of ether oxygens (including phenoxy) is 1. The summed E-state index contributed by atoms with van der Waals surface area (Å²) in [6.07, 6.45) is 0. The number of carbonyl (C=O) groups excluding carboxylic acids is 1. The predicted octanol–water partition coefficient (Wildman–Crippen LogP) is 0.705. The zero-order valence-electron chi connectivity index (χ0n) is 9.97. The third kappa shape index (κ3) is 4.18. The second kappa shape index (κ2) is 6.83. The predicted molar refractivity (Wildman–Crippen MR) is 63.5 cm³/mol. The fraction of sp³-hybridized carbons (Fsp3) is 0.182. The highest BCUT2D eigenvalue weighted by atomic mass is 16.7. The molecule has 1 aromatic rings. The third-order valence-electron chi connectivity index (χ3n) is 1.97. The number of hydrogen-bond acceptors (Lipinski definition) is 5. The second-order valence-corrected chi connectivity index (χ2v) is 3.23. The van der Waals surface area contributed by atoms with Gasteiger partial charge in [0, 0.05) is 0 Å². The number of nitrogens with one attached hydrogen (secondary N) is 2. The molecule has 0 aromatic heterocycles. The fourth-order valence-corrected chi connectivity index (χ4v) is 1.23. The van der Waals surface area contributed by atoms with E-state index in [1.54, 1.807) is 12.1 Å². The molecule has 0 saturated heterocycles. The highest BCUT2D eigenvalue weighted by Gasteiger charge is 2.12. The van der Waals surface area contributed by atoms with Gasteiger partial charge < -0.3 is 15.2 Å². The van der Waals surface area contributed by atoms with Gasteiger partial charge in [0.05, 0.1) is 12.7 Å². The number of carbonyl (C=O) groups is 2. The van der Waals surface area contributed by atoms with Crippen LogP contribution in [0.15, 0.2) is 18.2 Å². The minimum Gasteiger partial charge on any atom is -0.495 e. The number of hydrogen-bond donors (Lipinski definition) is 3. The summed E-state index contributed by atoms with van der Waals surface area (Å²) >= 11 is 0. The Balaban J connectivity index is 2.73. The molecule has 19 heavy (non-hydrogen) atoms. The summed E-state index contributed by atoms with van der Waals surface area (Å²) in [6.45, 7) is -0.676. The molecule has 0 atom stereocenters. The molecule has 1 rings (SSSR count). The van der Waals surface area contributed by atoms with Crippen LogP contribution >= 0.6 is 0 Å². The molecule has 0 unspecified atom stereocenters. The molecule has 0 heterocycles. The van der Waals surface area contributed by atoms with Gasteiger partial charge >= 0.3 is 12.0 Å².